The van der Waals surface area contributed by atoms with Crippen LogP contribution in [0.1, 0.15) is 6.92 Å². The number of hydrogen-bond donors (Lipinski definition) is 2. The summed E-state index contributed by atoms with van der Waals surface area (Å²) in [5.41, 5.74) is 0. The van der Waals surface area contributed by atoms with Crippen LogP contribution in [0, 0.1) is 0 Å². The van der Waals surface area contributed by atoms with Gasteiger partial charge in [-0.1, -0.05) is 0 Å². The number of carbonyl (C=O) groups excluding carboxylic acids is 1. The fraction of sp³-hybridized carbons (Fsp3) is 0.632. The Hall–Kier alpha value is -2.39. The lowest BCUT2D eigenvalue weighted by Gasteiger charge is -2.36. The molecular formula is C19H32N6O3. The fourth-order valence-corrected chi connectivity index (χ4v) is 2.84. The highest BCUT2D eigenvalue weighted by molar-refractivity contribution is 5.80. The molecule has 1 amide bonds. The number of ether oxygens (including phenoxy) is 2. The Balaban J connectivity index is 1.72. The van der Waals surface area contributed by atoms with Gasteiger partial charge in [-0.25, -0.2) is 4.99 Å². The lowest BCUT2D eigenvalue weighted by Crippen LogP contribution is -2.54. The molecular weight excluding hydrogens is 360 g/mol. The van der Waals surface area contributed by atoms with Crippen LogP contribution in [0.2, 0.25) is 0 Å². The summed E-state index contributed by atoms with van der Waals surface area (Å²) in [5.74, 6) is 1.68. The summed E-state index contributed by atoms with van der Waals surface area (Å²) in [6.45, 7) is 8.77. The normalized spacial score (nSPS) is 15.4. The summed E-state index contributed by atoms with van der Waals surface area (Å²) in [6.07, 6.45) is 3.41. The molecule has 0 atom stereocenters. The molecule has 0 aliphatic carbocycles. The lowest BCUT2D eigenvalue weighted by molar-refractivity contribution is -0.122. The molecule has 1 aliphatic heterocycles. The van der Waals surface area contributed by atoms with E-state index in [1.807, 2.05) is 12.1 Å². The standard InChI is InChI=1S/C19H32N6O3/c1-3-21-19(23-8-14-28-17-5-4-6-20-15-17)25-11-9-24(10-12-25)16-18(26)22-7-13-27-2/h4-6,15H,3,7-14,16H2,1-2H3,(H,21,23)(H,22,26). The number of aliphatic imine (C=N–C) groups is 1. The maximum Gasteiger partial charge on any atom is 0.234 e. The van der Waals surface area contributed by atoms with Crippen molar-refractivity contribution in [3.05, 3.63) is 24.5 Å². The van der Waals surface area contributed by atoms with E-state index in [1.165, 1.54) is 0 Å². The Bertz CT molecular complexity index is 591. The molecule has 0 radical (unpaired) electrons. The van der Waals surface area contributed by atoms with Crippen LogP contribution >= 0.6 is 0 Å². The van der Waals surface area contributed by atoms with Gasteiger partial charge in [0.25, 0.3) is 0 Å². The average molecular weight is 393 g/mol. The van der Waals surface area contributed by atoms with Gasteiger partial charge >= 0.3 is 0 Å². The third-order valence-electron chi connectivity index (χ3n) is 4.26. The molecule has 2 heterocycles. The van der Waals surface area contributed by atoms with Gasteiger partial charge in [-0.2, -0.15) is 0 Å². The molecule has 1 fully saturated rings. The van der Waals surface area contributed by atoms with Crippen LogP contribution in [-0.2, 0) is 9.53 Å². The Kier molecular flexibility index (Phi) is 10.1. The average Bonchev–Trinajstić information content (AvgIpc) is 2.72. The van der Waals surface area contributed by atoms with Crippen LogP contribution in [0.4, 0.5) is 0 Å². The van der Waals surface area contributed by atoms with Crippen LogP contribution in [0.3, 0.4) is 0 Å². The molecule has 2 N–H and O–H groups in total. The number of carbonyl (C=O) groups is 1. The van der Waals surface area contributed by atoms with Gasteiger partial charge in [-0.15, -0.1) is 0 Å². The summed E-state index contributed by atoms with van der Waals surface area (Å²) < 4.78 is 10.6. The number of hydrogen-bond acceptors (Lipinski definition) is 6. The second-order valence-corrected chi connectivity index (χ2v) is 6.38. The predicted octanol–water partition coefficient (Wildman–Crippen LogP) is -0.194. The van der Waals surface area contributed by atoms with E-state index in [4.69, 9.17) is 9.47 Å². The zero-order valence-corrected chi connectivity index (χ0v) is 16.9. The minimum atomic E-state index is 0.0404. The first kappa shape index (κ1) is 21.9. The van der Waals surface area contributed by atoms with Gasteiger partial charge in [0.15, 0.2) is 5.96 Å². The molecule has 0 bridgehead atoms. The minimum Gasteiger partial charge on any atom is -0.490 e. The van der Waals surface area contributed by atoms with E-state index >= 15 is 0 Å². The van der Waals surface area contributed by atoms with Gasteiger partial charge in [0.05, 0.1) is 25.9 Å². The monoisotopic (exact) mass is 392 g/mol. The Labute approximate surface area is 167 Å². The Morgan fingerprint density at radius 3 is 2.75 bits per heavy atom. The first-order valence-corrected chi connectivity index (χ1v) is 9.77. The lowest BCUT2D eigenvalue weighted by atomic mass is 10.3. The number of nitrogens with zero attached hydrogens (tertiary/aromatic N) is 4. The van der Waals surface area contributed by atoms with E-state index < -0.39 is 0 Å². The third kappa shape index (κ3) is 8.10. The number of piperazine rings is 1. The number of nitrogens with one attached hydrogen (secondary N) is 2. The van der Waals surface area contributed by atoms with E-state index in [9.17, 15) is 4.79 Å². The topological polar surface area (TPSA) is 91.3 Å². The summed E-state index contributed by atoms with van der Waals surface area (Å²) >= 11 is 0. The number of rotatable bonds is 10. The van der Waals surface area contributed by atoms with Crippen LogP contribution in [-0.4, -0.2) is 99.3 Å². The first-order valence-electron chi connectivity index (χ1n) is 9.77. The van der Waals surface area contributed by atoms with Gasteiger partial charge in [-0.05, 0) is 19.1 Å². The molecule has 156 valence electrons. The van der Waals surface area contributed by atoms with Gasteiger partial charge in [0, 0.05) is 52.6 Å². The molecule has 1 aromatic rings. The van der Waals surface area contributed by atoms with E-state index in [0.717, 1.165) is 44.4 Å². The van der Waals surface area contributed by atoms with Crippen molar-refractivity contribution in [2.24, 2.45) is 4.99 Å². The molecule has 2 rings (SSSR count). The molecule has 9 heteroatoms. The van der Waals surface area contributed by atoms with E-state index in [0.29, 0.717) is 32.8 Å². The number of aromatic nitrogens is 1. The van der Waals surface area contributed by atoms with Crippen molar-refractivity contribution in [2.45, 2.75) is 6.92 Å². The quantitative estimate of drug-likeness (QED) is 0.324. The predicted molar refractivity (Wildman–Crippen MR) is 109 cm³/mol. The summed E-state index contributed by atoms with van der Waals surface area (Å²) in [6, 6.07) is 3.73. The second-order valence-electron chi connectivity index (χ2n) is 6.38. The first-order chi connectivity index (χ1) is 13.7. The maximum atomic E-state index is 11.9. The number of guanidine groups is 1. The van der Waals surface area contributed by atoms with Crippen molar-refractivity contribution >= 4 is 11.9 Å². The number of amides is 1. The van der Waals surface area contributed by atoms with Crippen molar-refractivity contribution in [1.82, 2.24) is 25.4 Å². The van der Waals surface area contributed by atoms with Gasteiger partial charge < -0.3 is 25.0 Å². The molecule has 0 aromatic carbocycles. The molecule has 1 aromatic heterocycles. The molecule has 1 aliphatic rings. The zero-order chi connectivity index (χ0) is 20.0. The highest BCUT2D eigenvalue weighted by Crippen LogP contribution is 2.06. The molecule has 0 spiro atoms. The van der Waals surface area contributed by atoms with Crippen molar-refractivity contribution in [3.8, 4) is 5.75 Å². The SMILES string of the molecule is CCNC(=NCCOc1cccnc1)N1CCN(CC(=O)NCCOC)CC1. The van der Waals surface area contributed by atoms with E-state index in [-0.39, 0.29) is 5.91 Å². The molecule has 0 saturated carbocycles. The minimum absolute atomic E-state index is 0.0404. The van der Waals surface area contributed by atoms with Crippen molar-refractivity contribution in [3.63, 3.8) is 0 Å². The van der Waals surface area contributed by atoms with Crippen LogP contribution in [0.5, 0.6) is 5.75 Å². The Morgan fingerprint density at radius 2 is 2.07 bits per heavy atom. The van der Waals surface area contributed by atoms with Crippen LogP contribution in [0.25, 0.3) is 0 Å². The molecule has 28 heavy (non-hydrogen) atoms. The number of pyridine rings is 1. The van der Waals surface area contributed by atoms with Crippen molar-refractivity contribution < 1.29 is 14.3 Å². The van der Waals surface area contributed by atoms with Crippen molar-refractivity contribution in [1.29, 1.82) is 0 Å². The van der Waals surface area contributed by atoms with Crippen LogP contribution in [0.15, 0.2) is 29.5 Å². The Morgan fingerprint density at radius 1 is 1.25 bits per heavy atom. The maximum absolute atomic E-state index is 11.9. The zero-order valence-electron chi connectivity index (χ0n) is 16.9. The smallest absolute Gasteiger partial charge is 0.234 e. The fourth-order valence-electron chi connectivity index (χ4n) is 2.84. The van der Waals surface area contributed by atoms with E-state index in [1.54, 1.807) is 19.5 Å². The van der Waals surface area contributed by atoms with Crippen molar-refractivity contribution in [2.75, 3.05) is 72.7 Å². The summed E-state index contributed by atoms with van der Waals surface area (Å²) in [4.78, 5) is 25.0. The molecule has 1 saturated heterocycles. The highest BCUT2D eigenvalue weighted by atomic mass is 16.5. The summed E-state index contributed by atoms with van der Waals surface area (Å²) in [7, 11) is 1.62. The molecule has 0 unspecified atom stereocenters. The van der Waals surface area contributed by atoms with Gasteiger partial charge in [0.2, 0.25) is 5.91 Å². The van der Waals surface area contributed by atoms with Gasteiger partial charge in [0.1, 0.15) is 12.4 Å². The van der Waals surface area contributed by atoms with E-state index in [2.05, 4.69) is 37.3 Å². The largest absolute Gasteiger partial charge is 0.490 e. The summed E-state index contributed by atoms with van der Waals surface area (Å²) in [5, 5.41) is 6.20. The highest BCUT2D eigenvalue weighted by Gasteiger charge is 2.21. The number of methoxy groups -OCH3 is 1. The molecule has 9 nitrogen and oxygen atoms in total. The third-order valence-corrected chi connectivity index (χ3v) is 4.26. The van der Waals surface area contributed by atoms with Gasteiger partial charge in [-0.3, -0.25) is 14.7 Å². The second kappa shape index (κ2) is 12.9. The van der Waals surface area contributed by atoms with Crippen LogP contribution < -0.4 is 15.4 Å².